The molecule has 0 aromatic heterocycles. The van der Waals surface area contributed by atoms with Gasteiger partial charge in [0.05, 0.1) is 0 Å². The van der Waals surface area contributed by atoms with Gasteiger partial charge in [0.15, 0.2) is 0 Å². The van der Waals surface area contributed by atoms with Gasteiger partial charge in [-0.3, -0.25) is 0 Å². The maximum absolute atomic E-state index is 2.72. The summed E-state index contributed by atoms with van der Waals surface area (Å²) in [6, 6.07) is 33.1. The molecule has 3 rings (SSSR count). The Bertz CT molecular complexity index is 735. The average Bonchev–Trinajstić information content (AvgIpc) is 2.67. The minimum Gasteiger partial charge on any atom is -0.245 e. The van der Waals surface area contributed by atoms with Crippen LogP contribution in [0.5, 0.6) is 0 Å². The van der Waals surface area contributed by atoms with E-state index in [1.165, 1.54) is 15.4 Å². The van der Waals surface area contributed by atoms with Crippen LogP contribution in [0, 0.1) is 0 Å². The molecule has 0 N–H and O–H groups in total. The fraction of sp³-hybridized carbons (Fsp3) is 0.182. The monoisotopic (exact) mass is 461 g/mol. The molecule has 0 aliphatic carbocycles. The minimum absolute atomic E-state index is 0.438. The van der Waals surface area contributed by atoms with E-state index in [1.54, 1.807) is 0 Å². The zero-order valence-corrected chi connectivity index (χ0v) is 17.7. The molecule has 0 saturated carbocycles. The van der Waals surface area contributed by atoms with Gasteiger partial charge in [-0.2, -0.15) is 0 Å². The second-order valence-corrected chi connectivity index (χ2v) is 12.5. The van der Waals surface area contributed by atoms with E-state index < -0.39 is 7.39 Å². The van der Waals surface area contributed by atoms with Crippen LogP contribution in [-0.4, -0.2) is 10.3 Å². The molecular formula is C22H24INS. The summed E-state index contributed by atoms with van der Waals surface area (Å²) in [5.74, 6) is 0. The number of benzene rings is 3. The molecular weight excluding hydrogens is 437 g/mol. The van der Waals surface area contributed by atoms with Gasteiger partial charge in [0.1, 0.15) is 0 Å². The van der Waals surface area contributed by atoms with Crippen LogP contribution in [0.3, 0.4) is 0 Å². The molecule has 0 fully saturated rings. The fourth-order valence-corrected chi connectivity index (χ4v) is 9.24. The first-order chi connectivity index (χ1) is 12.1. The lowest BCUT2D eigenvalue weighted by Crippen LogP contribution is -2.31. The second-order valence-electron chi connectivity index (χ2n) is 6.29. The van der Waals surface area contributed by atoms with Crippen LogP contribution in [0.15, 0.2) is 101 Å². The van der Waals surface area contributed by atoms with Crippen LogP contribution in [0.25, 0.3) is 0 Å². The molecule has 25 heavy (non-hydrogen) atoms. The first-order valence-corrected chi connectivity index (χ1v) is 12.7. The summed E-state index contributed by atoms with van der Waals surface area (Å²) < 4.78 is 2.66. The topological polar surface area (TPSA) is 3.24 Å². The number of hydrogen-bond donors (Lipinski definition) is 0. The van der Waals surface area contributed by atoms with Gasteiger partial charge in [-0.1, -0.05) is 74.1 Å². The first kappa shape index (κ1) is 18.5. The average molecular weight is 461 g/mol. The third-order valence-electron chi connectivity index (χ3n) is 4.19. The second kappa shape index (κ2) is 8.39. The Labute approximate surface area is 165 Å². The predicted octanol–water partition coefficient (Wildman–Crippen LogP) is 7.08. The summed E-state index contributed by atoms with van der Waals surface area (Å²) in [6.45, 7) is 5.55. The molecule has 3 heteroatoms. The number of halogens is 1. The van der Waals surface area contributed by atoms with Crippen molar-refractivity contribution in [3.05, 3.63) is 96.6 Å². The van der Waals surface area contributed by atoms with Crippen molar-refractivity contribution in [2.45, 2.75) is 36.2 Å². The lowest BCUT2D eigenvalue weighted by atomic mass is 10.2. The minimum atomic E-state index is -1.33. The van der Waals surface area contributed by atoms with Crippen molar-refractivity contribution >= 4 is 28.6 Å². The molecule has 0 saturated heterocycles. The van der Waals surface area contributed by atoms with Gasteiger partial charge in [-0.05, 0) is 64.9 Å². The van der Waals surface area contributed by atoms with Crippen molar-refractivity contribution < 1.29 is 0 Å². The molecule has 0 aliphatic heterocycles. The van der Waals surface area contributed by atoms with Crippen LogP contribution in [-0.2, 0) is 6.54 Å². The summed E-state index contributed by atoms with van der Waals surface area (Å²) in [6.07, 6.45) is 0. The van der Waals surface area contributed by atoms with E-state index >= 15 is 0 Å². The van der Waals surface area contributed by atoms with Gasteiger partial charge >= 0.3 is 0 Å². The zero-order valence-electron chi connectivity index (χ0n) is 14.7. The van der Waals surface area contributed by atoms with Crippen LogP contribution in [0.1, 0.15) is 19.4 Å². The normalized spacial score (nSPS) is 12.5. The zero-order chi connectivity index (χ0) is 17.7. The van der Waals surface area contributed by atoms with Gasteiger partial charge < -0.3 is 0 Å². The molecule has 0 unspecified atom stereocenters. The maximum Gasteiger partial charge on any atom is 0.0341 e. The number of hydrogen-bond acceptors (Lipinski definition) is 1. The molecule has 0 heterocycles. The van der Waals surface area contributed by atoms with Crippen molar-refractivity contribution in [2.75, 3.05) is 0 Å². The van der Waals surface area contributed by atoms with Gasteiger partial charge in [-0.15, -0.1) is 0 Å². The SMILES string of the molecule is CC(C)N(Cc1ccccc1)S(I)(c1ccccc1)c1ccccc1. The molecule has 0 radical (unpaired) electrons. The highest BCUT2D eigenvalue weighted by molar-refractivity contribution is 14.2. The Morgan fingerprint density at radius 1 is 0.720 bits per heavy atom. The summed E-state index contributed by atoms with van der Waals surface area (Å²) in [5.41, 5.74) is 1.36. The van der Waals surface area contributed by atoms with Crippen molar-refractivity contribution in [3.63, 3.8) is 0 Å². The largest absolute Gasteiger partial charge is 0.245 e. The van der Waals surface area contributed by atoms with E-state index in [0.717, 1.165) is 6.54 Å². The highest BCUT2D eigenvalue weighted by Crippen LogP contribution is 2.72. The maximum atomic E-state index is 2.72. The van der Waals surface area contributed by atoms with Crippen LogP contribution >= 0.6 is 28.6 Å². The molecule has 3 aromatic carbocycles. The van der Waals surface area contributed by atoms with Crippen molar-refractivity contribution in [1.82, 2.24) is 4.31 Å². The van der Waals surface area contributed by atoms with Gasteiger partial charge in [0.25, 0.3) is 0 Å². The lowest BCUT2D eigenvalue weighted by Gasteiger charge is -2.47. The Hall–Kier alpha value is -1.30. The third-order valence-corrected chi connectivity index (χ3v) is 11.8. The van der Waals surface area contributed by atoms with Gasteiger partial charge in [0.2, 0.25) is 0 Å². The van der Waals surface area contributed by atoms with E-state index in [2.05, 4.69) is 130 Å². The summed E-state index contributed by atoms with van der Waals surface area (Å²) >= 11 is 2.72. The van der Waals surface area contributed by atoms with Gasteiger partial charge in [-0.25, -0.2) is 4.31 Å². The molecule has 0 atom stereocenters. The van der Waals surface area contributed by atoms with Crippen molar-refractivity contribution in [1.29, 1.82) is 0 Å². The Morgan fingerprint density at radius 2 is 1.12 bits per heavy atom. The third kappa shape index (κ3) is 4.10. The van der Waals surface area contributed by atoms with E-state index in [4.69, 9.17) is 0 Å². The van der Waals surface area contributed by atoms with Crippen molar-refractivity contribution in [3.8, 4) is 0 Å². The molecule has 3 aromatic rings. The van der Waals surface area contributed by atoms with Gasteiger partial charge in [0, 0.05) is 22.4 Å². The van der Waals surface area contributed by atoms with E-state index in [-0.39, 0.29) is 0 Å². The molecule has 0 aliphatic rings. The molecule has 130 valence electrons. The first-order valence-electron chi connectivity index (χ1n) is 8.56. The molecule has 0 amide bonds. The molecule has 0 bridgehead atoms. The smallest absolute Gasteiger partial charge is 0.0341 e. The highest BCUT2D eigenvalue weighted by Gasteiger charge is 2.34. The fourth-order valence-electron chi connectivity index (χ4n) is 2.93. The van der Waals surface area contributed by atoms with E-state index in [0.29, 0.717) is 6.04 Å². The predicted molar refractivity (Wildman–Crippen MR) is 118 cm³/mol. The summed E-state index contributed by atoms with van der Waals surface area (Å²) in [7, 11) is -1.33. The van der Waals surface area contributed by atoms with Crippen LogP contribution in [0.2, 0.25) is 0 Å². The number of rotatable bonds is 6. The van der Waals surface area contributed by atoms with E-state index in [9.17, 15) is 0 Å². The number of nitrogens with zero attached hydrogens (tertiary/aromatic N) is 1. The highest BCUT2D eigenvalue weighted by atomic mass is 127. The molecule has 0 spiro atoms. The molecule has 1 nitrogen and oxygen atoms in total. The Balaban J connectivity index is 2.11. The Kier molecular flexibility index (Phi) is 6.20. The Morgan fingerprint density at radius 3 is 1.52 bits per heavy atom. The van der Waals surface area contributed by atoms with E-state index in [1.807, 2.05) is 0 Å². The standard InChI is InChI=1S/C22H24INS/c1-19(2)24(18-20-12-6-3-7-13-20)25(23,21-14-8-4-9-15-21)22-16-10-5-11-17-22/h3-17,19H,18H2,1-2H3. The van der Waals surface area contributed by atoms with Crippen LogP contribution < -0.4 is 0 Å². The summed E-state index contributed by atoms with van der Waals surface area (Å²) in [4.78, 5) is 2.79. The van der Waals surface area contributed by atoms with Crippen LogP contribution in [0.4, 0.5) is 0 Å². The quantitative estimate of drug-likeness (QED) is 0.355. The summed E-state index contributed by atoms with van der Waals surface area (Å²) in [5, 5.41) is 0. The lowest BCUT2D eigenvalue weighted by molar-refractivity contribution is 0.383. The van der Waals surface area contributed by atoms with Crippen molar-refractivity contribution in [2.24, 2.45) is 0 Å².